The number of H-pyrrole nitrogens is 1. The molecule has 0 aliphatic heterocycles. The molecule has 148 valence electrons. The fourth-order valence-electron chi connectivity index (χ4n) is 4.20. The van der Waals surface area contributed by atoms with Crippen molar-refractivity contribution in [2.24, 2.45) is 11.8 Å². The predicted octanol–water partition coefficient (Wildman–Crippen LogP) is 5.64. The number of ether oxygens (including phenoxy) is 1. The number of aromatic nitrogens is 1. The molecular weight excluding hydrogens is 336 g/mol. The van der Waals surface area contributed by atoms with Crippen molar-refractivity contribution in [1.29, 1.82) is 0 Å². The molecule has 2 aromatic rings. The van der Waals surface area contributed by atoms with Gasteiger partial charge in [0.2, 0.25) is 5.91 Å². The van der Waals surface area contributed by atoms with E-state index in [1.807, 2.05) is 18.2 Å². The lowest BCUT2D eigenvalue weighted by atomic mass is 9.79. The molecule has 4 nitrogen and oxygen atoms in total. The van der Waals surface area contributed by atoms with Crippen molar-refractivity contribution in [1.82, 2.24) is 4.98 Å². The number of nitrogens with one attached hydrogen (secondary N) is 2. The number of carbonyl (C=O) groups is 1. The Balaban J connectivity index is 1.63. The van der Waals surface area contributed by atoms with Crippen molar-refractivity contribution in [2.45, 2.75) is 71.8 Å². The second-order valence-corrected chi connectivity index (χ2v) is 9.27. The molecule has 3 rings (SSSR count). The summed E-state index contributed by atoms with van der Waals surface area (Å²) in [4.78, 5) is 16.0. The number of amides is 1. The summed E-state index contributed by atoms with van der Waals surface area (Å²) in [5.74, 6) is 1.33. The molecule has 0 radical (unpaired) electrons. The van der Waals surface area contributed by atoms with Gasteiger partial charge in [-0.3, -0.25) is 4.79 Å². The highest BCUT2D eigenvalue weighted by atomic mass is 16.5. The van der Waals surface area contributed by atoms with Crippen molar-refractivity contribution in [3.8, 4) is 0 Å². The summed E-state index contributed by atoms with van der Waals surface area (Å²) < 4.78 is 5.97. The zero-order valence-corrected chi connectivity index (χ0v) is 17.4. The largest absolute Gasteiger partial charge is 0.368 e. The average molecular weight is 371 g/mol. The zero-order chi connectivity index (χ0) is 19.6. The van der Waals surface area contributed by atoms with Crippen LogP contribution in [0.1, 0.15) is 66.0 Å². The third kappa shape index (κ3) is 4.92. The first-order chi connectivity index (χ1) is 12.8. The van der Waals surface area contributed by atoms with Gasteiger partial charge in [-0.2, -0.15) is 0 Å². The lowest BCUT2D eigenvalue weighted by Crippen LogP contribution is -2.30. The number of rotatable bonds is 5. The monoisotopic (exact) mass is 370 g/mol. The van der Waals surface area contributed by atoms with Crippen LogP contribution in [0, 0.1) is 11.8 Å². The highest BCUT2D eigenvalue weighted by Gasteiger charge is 2.26. The number of benzene rings is 1. The van der Waals surface area contributed by atoms with Crippen LogP contribution in [0.4, 0.5) is 5.69 Å². The summed E-state index contributed by atoms with van der Waals surface area (Å²) in [6.07, 6.45) is 4.83. The quantitative estimate of drug-likeness (QED) is 0.716. The number of anilines is 1. The molecule has 1 heterocycles. The van der Waals surface area contributed by atoms with E-state index in [1.165, 1.54) is 12.8 Å². The summed E-state index contributed by atoms with van der Waals surface area (Å²) >= 11 is 0. The van der Waals surface area contributed by atoms with E-state index in [0.29, 0.717) is 5.92 Å². The lowest BCUT2D eigenvalue weighted by molar-refractivity contribution is -0.124. The Morgan fingerprint density at radius 1 is 1.26 bits per heavy atom. The van der Waals surface area contributed by atoms with Crippen LogP contribution in [-0.4, -0.2) is 23.6 Å². The van der Waals surface area contributed by atoms with E-state index in [1.54, 1.807) is 0 Å². The topological polar surface area (TPSA) is 54.1 Å². The first-order valence-electron chi connectivity index (χ1n) is 10.3. The Labute approximate surface area is 163 Å². The van der Waals surface area contributed by atoms with Gasteiger partial charge in [-0.05, 0) is 49.3 Å². The third-order valence-corrected chi connectivity index (χ3v) is 5.77. The fraction of sp³-hybridized carbons (Fsp3) is 0.609. The maximum atomic E-state index is 12.5. The van der Waals surface area contributed by atoms with Gasteiger partial charge >= 0.3 is 0 Å². The van der Waals surface area contributed by atoms with Crippen LogP contribution in [0.25, 0.3) is 10.9 Å². The van der Waals surface area contributed by atoms with Crippen LogP contribution in [-0.2, 0) is 14.9 Å². The van der Waals surface area contributed by atoms with Crippen LogP contribution in [0.15, 0.2) is 24.3 Å². The molecule has 0 spiro atoms. The van der Waals surface area contributed by atoms with Gasteiger partial charge in [0.1, 0.15) is 6.61 Å². The molecule has 27 heavy (non-hydrogen) atoms. The molecule has 2 N–H and O–H groups in total. The van der Waals surface area contributed by atoms with Crippen LogP contribution in [0.2, 0.25) is 0 Å². The Morgan fingerprint density at radius 2 is 2.04 bits per heavy atom. The number of hydrogen-bond acceptors (Lipinski definition) is 2. The second-order valence-electron chi connectivity index (χ2n) is 9.27. The van der Waals surface area contributed by atoms with Gasteiger partial charge in [0.25, 0.3) is 0 Å². The lowest BCUT2D eigenvalue weighted by Gasteiger charge is -2.32. The van der Waals surface area contributed by atoms with E-state index in [-0.39, 0.29) is 24.0 Å². The van der Waals surface area contributed by atoms with Crippen LogP contribution in [0.3, 0.4) is 0 Å². The third-order valence-electron chi connectivity index (χ3n) is 5.77. The minimum Gasteiger partial charge on any atom is -0.368 e. The maximum Gasteiger partial charge on any atom is 0.250 e. The van der Waals surface area contributed by atoms with Crippen molar-refractivity contribution in [3.63, 3.8) is 0 Å². The highest BCUT2D eigenvalue weighted by molar-refractivity contribution is 6.02. The Kier molecular flexibility index (Phi) is 5.95. The van der Waals surface area contributed by atoms with Gasteiger partial charge in [-0.25, -0.2) is 0 Å². The van der Waals surface area contributed by atoms with Crippen LogP contribution >= 0.6 is 0 Å². The maximum absolute atomic E-state index is 12.5. The first-order valence-corrected chi connectivity index (χ1v) is 10.3. The Hall–Kier alpha value is -1.81. The van der Waals surface area contributed by atoms with E-state index in [9.17, 15) is 4.79 Å². The van der Waals surface area contributed by atoms with E-state index in [2.05, 4.69) is 51.0 Å². The van der Waals surface area contributed by atoms with Gasteiger partial charge in [0, 0.05) is 22.0 Å². The minimum absolute atomic E-state index is 0.0386. The van der Waals surface area contributed by atoms with E-state index >= 15 is 0 Å². The highest BCUT2D eigenvalue weighted by Crippen LogP contribution is 2.33. The van der Waals surface area contributed by atoms with Gasteiger partial charge in [0.05, 0.1) is 11.8 Å². The summed E-state index contributed by atoms with van der Waals surface area (Å²) in [6, 6.07) is 8.11. The molecule has 1 aromatic heterocycles. The SMILES string of the molecule is CCC1CC(C)CC(OCC(=O)Nc2cccc3[nH]c(C(C)(C)C)cc23)C1. The Bertz CT molecular complexity index is 787. The standard InChI is InChI=1S/C23H34N2O2/c1-6-16-10-15(2)11-17(12-16)27-14-22(26)25-20-9-7-8-19-18(20)13-21(24-19)23(3,4)5/h7-9,13,15-17,24H,6,10-12,14H2,1-5H3,(H,25,26). The summed E-state index contributed by atoms with van der Waals surface area (Å²) in [6.45, 7) is 11.2. The first kappa shape index (κ1) is 19.9. The minimum atomic E-state index is -0.0766. The zero-order valence-electron chi connectivity index (χ0n) is 17.4. The molecule has 1 amide bonds. The molecule has 0 saturated heterocycles. The molecule has 1 aliphatic rings. The molecule has 1 saturated carbocycles. The molecule has 4 heteroatoms. The average Bonchev–Trinajstić information content (AvgIpc) is 3.05. The van der Waals surface area contributed by atoms with Crippen molar-refractivity contribution in [2.75, 3.05) is 11.9 Å². The number of carbonyl (C=O) groups excluding carboxylic acids is 1. The van der Waals surface area contributed by atoms with Crippen LogP contribution < -0.4 is 5.32 Å². The molecule has 1 aliphatic carbocycles. The van der Waals surface area contributed by atoms with Crippen molar-refractivity contribution >= 4 is 22.5 Å². The van der Waals surface area contributed by atoms with Crippen molar-refractivity contribution < 1.29 is 9.53 Å². The van der Waals surface area contributed by atoms with Gasteiger partial charge in [-0.1, -0.05) is 47.1 Å². The molecule has 3 atom stereocenters. The predicted molar refractivity (Wildman–Crippen MR) is 112 cm³/mol. The van der Waals surface area contributed by atoms with Gasteiger partial charge in [0.15, 0.2) is 0 Å². The van der Waals surface area contributed by atoms with E-state index in [4.69, 9.17) is 4.74 Å². The van der Waals surface area contributed by atoms with Crippen molar-refractivity contribution in [3.05, 3.63) is 30.0 Å². The normalized spacial score (nSPS) is 23.5. The van der Waals surface area contributed by atoms with Crippen LogP contribution in [0.5, 0.6) is 0 Å². The number of aromatic amines is 1. The summed E-state index contributed by atoms with van der Waals surface area (Å²) in [7, 11) is 0. The summed E-state index contributed by atoms with van der Waals surface area (Å²) in [5, 5.41) is 4.09. The summed E-state index contributed by atoms with van der Waals surface area (Å²) in [5.41, 5.74) is 3.09. The molecule has 1 aromatic carbocycles. The molecule has 0 bridgehead atoms. The second kappa shape index (κ2) is 8.05. The fourth-order valence-corrected chi connectivity index (χ4v) is 4.20. The smallest absolute Gasteiger partial charge is 0.250 e. The van der Waals surface area contributed by atoms with E-state index < -0.39 is 0 Å². The molecule has 3 unspecified atom stereocenters. The Morgan fingerprint density at radius 3 is 2.74 bits per heavy atom. The number of fused-ring (bicyclic) bond motifs is 1. The van der Waals surface area contributed by atoms with Gasteiger partial charge in [-0.15, -0.1) is 0 Å². The van der Waals surface area contributed by atoms with Gasteiger partial charge < -0.3 is 15.0 Å². The molecule has 1 fully saturated rings. The molecular formula is C23H34N2O2. The number of hydrogen-bond donors (Lipinski definition) is 2. The van der Waals surface area contributed by atoms with E-state index in [0.717, 1.165) is 41.0 Å².